The molecule has 11 heteroatoms. The van der Waals surface area contributed by atoms with Crippen molar-refractivity contribution in [1.82, 2.24) is 14.9 Å². The van der Waals surface area contributed by atoms with Gasteiger partial charge in [0.25, 0.3) is 5.91 Å². The second kappa shape index (κ2) is 11.2. The van der Waals surface area contributed by atoms with Crippen LogP contribution in [0.3, 0.4) is 0 Å². The zero-order valence-corrected chi connectivity index (χ0v) is 21.2. The predicted octanol–water partition coefficient (Wildman–Crippen LogP) is 2.15. The Morgan fingerprint density at radius 2 is 1.78 bits per heavy atom. The van der Waals surface area contributed by atoms with E-state index in [1.807, 2.05) is 6.92 Å². The molecule has 0 aliphatic carbocycles. The fourth-order valence-corrected chi connectivity index (χ4v) is 5.83. The summed E-state index contributed by atoms with van der Waals surface area (Å²) in [7, 11) is -2.16. The largest absolute Gasteiger partial charge is 0.497 e. The van der Waals surface area contributed by atoms with Gasteiger partial charge in [-0.2, -0.15) is 4.31 Å². The number of hydrogen-bond donors (Lipinski definition) is 2. The van der Waals surface area contributed by atoms with Crippen LogP contribution >= 0.6 is 0 Å². The highest BCUT2D eigenvalue weighted by Crippen LogP contribution is 2.33. The molecule has 10 nitrogen and oxygen atoms in total. The molecule has 2 N–H and O–H groups in total. The highest BCUT2D eigenvalue weighted by molar-refractivity contribution is 7.89. The van der Waals surface area contributed by atoms with Gasteiger partial charge in [-0.3, -0.25) is 9.59 Å². The molecule has 0 saturated carbocycles. The van der Waals surface area contributed by atoms with Crippen LogP contribution in [0.1, 0.15) is 36.5 Å². The first-order valence-electron chi connectivity index (χ1n) is 12.0. The van der Waals surface area contributed by atoms with E-state index in [9.17, 15) is 18.0 Å². The molecule has 194 valence electrons. The van der Waals surface area contributed by atoms with E-state index in [2.05, 4.69) is 10.6 Å². The number of carbonyl (C=O) groups excluding carboxylic acids is 2. The zero-order valence-electron chi connectivity index (χ0n) is 20.4. The summed E-state index contributed by atoms with van der Waals surface area (Å²) in [6, 6.07) is 10.3. The number of carbonyl (C=O) groups is 2. The zero-order chi connectivity index (χ0) is 25.7. The highest BCUT2D eigenvalue weighted by atomic mass is 32.2. The van der Waals surface area contributed by atoms with Crippen molar-refractivity contribution in [3.05, 3.63) is 48.0 Å². The Bertz CT molecular complexity index is 1190. The van der Waals surface area contributed by atoms with Gasteiger partial charge in [0.15, 0.2) is 11.5 Å². The lowest BCUT2D eigenvalue weighted by Gasteiger charge is -2.35. The van der Waals surface area contributed by atoms with Crippen LogP contribution in [0.25, 0.3) is 0 Å². The molecule has 2 aliphatic heterocycles. The van der Waals surface area contributed by atoms with Crippen molar-refractivity contribution in [2.45, 2.75) is 37.1 Å². The minimum absolute atomic E-state index is 0.0977. The third-order valence-electron chi connectivity index (χ3n) is 6.42. The second-order valence-corrected chi connectivity index (χ2v) is 10.7. The number of rotatable bonds is 9. The van der Waals surface area contributed by atoms with Gasteiger partial charge in [-0.1, -0.05) is 6.92 Å². The molecule has 0 spiro atoms. The highest BCUT2D eigenvalue weighted by Gasteiger charge is 2.36. The lowest BCUT2D eigenvalue weighted by atomic mass is 9.89. The standard InChI is InChI=1S/C25H31N3O7S/c1-3-12-26-25(30)23(27-24(29)18-4-9-21-22(15-18)35-16-34-21)17-10-13-28(14-11-17)36(31,32)20-7-5-19(33-2)6-8-20/h4-9,15,17,23H,3,10-14,16H2,1-2H3,(H,26,30)(H,27,29)/t23-/m1/s1. The van der Waals surface area contributed by atoms with Crippen molar-refractivity contribution in [1.29, 1.82) is 0 Å². The summed E-state index contributed by atoms with van der Waals surface area (Å²) in [6.07, 6.45) is 1.62. The number of fused-ring (bicyclic) bond motifs is 1. The molecule has 0 bridgehead atoms. The van der Waals surface area contributed by atoms with E-state index in [1.165, 1.54) is 23.5 Å². The van der Waals surface area contributed by atoms with Crippen LogP contribution in [-0.4, -0.2) is 64.1 Å². The Balaban J connectivity index is 1.45. The third-order valence-corrected chi connectivity index (χ3v) is 8.33. The molecule has 2 heterocycles. The second-order valence-electron chi connectivity index (χ2n) is 8.73. The first-order chi connectivity index (χ1) is 17.3. The number of ether oxygens (including phenoxy) is 3. The summed E-state index contributed by atoms with van der Waals surface area (Å²) in [5.74, 6) is 0.718. The van der Waals surface area contributed by atoms with Crippen molar-refractivity contribution in [2.75, 3.05) is 33.5 Å². The van der Waals surface area contributed by atoms with Crippen LogP contribution in [0, 0.1) is 5.92 Å². The Hall–Kier alpha value is -3.31. The summed E-state index contributed by atoms with van der Waals surface area (Å²) < 4.78 is 43.4. The Labute approximate surface area is 211 Å². The molecule has 4 rings (SSSR count). The monoisotopic (exact) mass is 517 g/mol. The predicted molar refractivity (Wildman–Crippen MR) is 132 cm³/mol. The van der Waals surface area contributed by atoms with Crippen molar-refractivity contribution < 1.29 is 32.2 Å². The molecule has 1 atom stereocenters. The molecule has 2 aromatic carbocycles. The molecule has 2 aliphatic rings. The van der Waals surface area contributed by atoms with E-state index < -0.39 is 22.0 Å². The topological polar surface area (TPSA) is 123 Å². The smallest absolute Gasteiger partial charge is 0.252 e. The maximum Gasteiger partial charge on any atom is 0.252 e. The average molecular weight is 518 g/mol. The quantitative estimate of drug-likeness (QED) is 0.522. The van der Waals surface area contributed by atoms with Crippen LogP contribution in [-0.2, 0) is 14.8 Å². The van der Waals surface area contributed by atoms with E-state index in [0.29, 0.717) is 42.2 Å². The summed E-state index contributed by atoms with van der Waals surface area (Å²) in [4.78, 5) is 26.2. The number of nitrogens with zero attached hydrogens (tertiary/aromatic N) is 1. The molecule has 36 heavy (non-hydrogen) atoms. The number of benzene rings is 2. The third kappa shape index (κ3) is 5.57. The van der Waals surface area contributed by atoms with Crippen molar-refractivity contribution >= 4 is 21.8 Å². The van der Waals surface area contributed by atoms with Crippen LogP contribution in [0.2, 0.25) is 0 Å². The molecular formula is C25H31N3O7S. The van der Waals surface area contributed by atoms with Crippen molar-refractivity contribution in [3.63, 3.8) is 0 Å². The summed E-state index contributed by atoms with van der Waals surface area (Å²) in [5, 5.41) is 5.74. The van der Waals surface area contributed by atoms with Gasteiger partial charge in [0.1, 0.15) is 11.8 Å². The number of methoxy groups -OCH3 is 1. The van der Waals surface area contributed by atoms with E-state index >= 15 is 0 Å². The minimum Gasteiger partial charge on any atom is -0.497 e. The molecular weight excluding hydrogens is 486 g/mol. The lowest BCUT2D eigenvalue weighted by molar-refractivity contribution is -0.124. The summed E-state index contributed by atoms with van der Waals surface area (Å²) in [5.41, 5.74) is 0.354. The minimum atomic E-state index is -3.68. The molecule has 1 fully saturated rings. The SMILES string of the molecule is CCCNC(=O)[C@H](NC(=O)c1ccc2c(c1)OCO2)C1CCN(S(=O)(=O)c2ccc(OC)cc2)CC1. The van der Waals surface area contributed by atoms with Crippen molar-refractivity contribution in [2.24, 2.45) is 5.92 Å². The Morgan fingerprint density at radius 1 is 1.08 bits per heavy atom. The summed E-state index contributed by atoms with van der Waals surface area (Å²) >= 11 is 0. The number of nitrogens with one attached hydrogen (secondary N) is 2. The van der Waals surface area contributed by atoms with Crippen LogP contribution in [0.5, 0.6) is 17.2 Å². The van der Waals surface area contributed by atoms with Gasteiger partial charge >= 0.3 is 0 Å². The van der Waals surface area contributed by atoms with Gasteiger partial charge in [0, 0.05) is 25.2 Å². The molecule has 0 unspecified atom stereocenters. The van der Waals surface area contributed by atoms with Gasteiger partial charge in [0.2, 0.25) is 22.7 Å². The Kier molecular flexibility index (Phi) is 8.00. The van der Waals surface area contributed by atoms with Gasteiger partial charge in [0.05, 0.1) is 12.0 Å². The molecule has 0 radical (unpaired) electrons. The number of sulfonamides is 1. The first kappa shape index (κ1) is 25.8. The first-order valence-corrected chi connectivity index (χ1v) is 13.4. The van der Waals surface area contributed by atoms with Gasteiger partial charge in [-0.15, -0.1) is 0 Å². The van der Waals surface area contributed by atoms with Crippen LogP contribution in [0.15, 0.2) is 47.4 Å². The molecule has 1 saturated heterocycles. The maximum absolute atomic E-state index is 13.1. The van der Waals surface area contributed by atoms with E-state index in [0.717, 1.165) is 6.42 Å². The normalized spacial score (nSPS) is 16.8. The fourth-order valence-electron chi connectivity index (χ4n) is 4.36. The number of hydrogen-bond acceptors (Lipinski definition) is 7. The van der Waals surface area contributed by atoms with Crippen LogP contribution < -0.4 is 24.8 Å². The molecule has 2 aromatic rings. The van der Waals surface area contributed by atoms with Crippen molar-refractivity contribution in [3.8, 4) is 17.2 Å². The maximum atomic E-state index is 13.1. The van der Waals surface area contributed by atoms with E-state index in [-0.39, 0.29) is 36.6 Å². The number of amides is 2. The van der Waals surface area contributed by atoms with E-state index in [1.54, 1.807) is 30.3 Å². The Morgan fingerprint density at radius 3 is 2.44 bits per heavy atom. The van der Waals surface area contributed by atoms with Gasteiger partial charge in [-0.25, -0.2) is 8.42 Å². The number of piperidine rings is 1. The lowest BCUT2D eigenvalue weighted by Crippen LogP contribution is -2.53. The van der Waals surface area contributed by atoms with Gasteiger partial charge in [-0.05, 0) is 67.6 Å². The van der Waals surface area contributed by atoms with Crippen LogP contribution in [0.4, 0.5) is 0 Å². The summed E-state index contributed by atoms with van der Waals surface area (Å²) in [6.45, 7) is 3.02. The molecule has 2 amide bonds. The molecule has 0 aromatic heterocycles. The van der Waals surface area contributed by atoms with Gasteiger partial charge < -0.3 is 24.8 Å². The fraction of sp³-hybridized carbons (Fsp3) is 0.440. The van der Waals surface area contributed by atoms with E-state index in [4.69, 9.17) is 14.2 Å². The average Bonchev–Trinajstić information content (AvgIpc) is 3.38.